The van der Waals surface area contributed by atoms with Gasteiger partial charge in [0.05, 0.1) is 22.5 Å². The van der Waals surface area contributed by atoms with Crippen LogP contribution in [0.15, 0.2) is 60.8 Å². The van der Waals surface area contributed by atoms with E-state index in [0.717, 1.165) is 16.6 Å². The summed E-state index contributed by atoms with van der Waals surface area (Å²) in [5, 5.41) is 7.70. The summed E-state index contributed by atoms with van der Waals surface area (Å²) in [5.41, 5.74) is 0.523. The van der Waals surface area contributed by atoms with E-state index in [9.17, 15) is 9.59 Å². The number of hydrogen-bond donors (Lipinski definition) is 1. The number of carbonyl (C=O) groups is 2. The van der Waals surface area contributed by atoms with E-state index in [1.54, 1.807) is 48.5 Å². The number of urea groups is 1. The third-order valence-corrected chi connectivity index (χ3v) is 3.94. The van der Waals surface area contributed by atoms with Gasteiger partial charge in [-0.1, -0.05) is 46.4 Å². The highest BCUT2D eigenvalue weighted by molar-refractivity contribution is 7.10. The molecule has 126 valence electrons. The van der Waals surface area contributed by atoms with Crippen LogP contribution in [0.5, 0.6) is 0 Å². The van der Waals surface area contributed by atoms with Crippen molar-refractivity contribution in [1.29, 1.82) is 0 Å². The minimum atomic E-state index is -0.757. The highest BCUT2D eigenvalue weighted by atomic mass is 35.5. The zero-order valence-corrected chi connectivity index (χ0v) is 14.2. The van der Waals surface area contributed by atoms with E-state index in [0.29, 0.717) is 10.7 Å². The van der Waals surface area contributed by atoms with Gasteiger partial charge in [-0.2, -0.15) is 0 Å². The second-order valence-electron chi connectivity index (χ2n) is 4.70. The number of benzene rings is 2. The molecule has 0 unspecified atom stereocenters. The molecule has 1 aromatic heterocycles. The lowest BCUT2D eigenvalue weighted by atomic mass is 10.2. The molecule has 0 saturated carbocycles. The Kier molecular flexibility index (Phi) is 5.22. The van der Waals surface area contributed by atoms with E-state index in [-0.39, 0.29) is 10.6 Å². The first-order valence-electron chi connectivity index (χ1n) is 7.05. The Morgan fingerprint density at radius 2 is 1.80 bits per heavy atom. The second kappa shape index (κ2) is 7.73. The fraction of sp³-hybridized carbons (Fsp3) is 0. The van der Waals surface area contributed by atoms with E-state index in [1.165, 1.54) is 12.3 Å². The molecule has 1 heterocycles. The average Bonchev–Trinajstić information content (AvgIpc) is 3.13. The topological polar surface area (TPSA) is 84.4 Å². The molecule has 0 bridgehead atoms. The minimum absolute atomic E-state index is 0.150. The molecule has 0 saturated heterocycles. The van der Waals surface area contributed by atoms with Crippen LogP contribution in [0, 0.1) is 0 Å². The van der Waals surface area contributed by atoms with Crippen molar-refractivity contribution in [3.63, 3.8) is 0 Å². The molecule has 2 aromatic carbocycles. The van der Waals surface area contributed by atoms with Crippen LogP contribution in [-0.4, -0.2) is 21.6 Å². The standard InChI is InChI=1S/C16H11ClN4O3S/c17-13-9-5-4-8-12(13)15(22)24-21(11-6-2-1-3-7-11)16(23)19-14-10-18-20-25-14/h1-10H,(H,19,23). The van der Waals surface area contributed by atoms with E-state index in [1.807, 2.05) is 0 Å². The Morgan fingerprint density at radius 3 is 2.48 bits per heavy atom. The highest BCUT2D eigenvalue weighted by Crippen LogP contribution is 2.21. The third-order valence-electron chi connectivity index (χ3n) is 3.03. The summed E-state index contributed by atoms with van der Waals surface area (Å²) in [4.78, 5) is 30.2. The minimum Gasteiger partial charge on any atom is -0.326 e. The number of carbonyl (C=O) groups excluding carboxylic acids is 2. The van der Waals surface area contributed by atoms with Gasteiger partial charge >= 0.3 is 12.0 Å². The fourth-order valence-corrected chi connectivity index (χ4v) is 2.53. The molecular weight excluding hydrogens is 364 g/mol. The first kappa shape index (κ1) is 16.9. The SMILES string of the molecule is O=C(ON(C(=O)Nc1cnns1)c1ccccc1)c1ccccc1Cl. The molecule has 0 aliphatic carbocycles. The number of hydrogen-bond acceptors (Lipinski definition) is 6. The lowest BCUT2D eigenvalue weighted by Gasteiger charge is -2.21. The van der Waals surface area contributed by atoms with Gasteiger partial charge in [-0.3, -0.25) is 5.32 Å². The van der Waals surface area contributed by atoms with Gasteiger partial charge in [0.25, 0.3) is 0 Å². The van der Waals surface area contributed by atoms with Crippen LogP contribution in [0.4, 0.5) is 15.5 Å². The van der Waals surface area contributed by atoms with Gasteiger partial charge in [-0.05, 0) is 24.3 Å². The van der Waals surface area contributed by atoms with Crippen LogP contribution in [0.25, 0.3) is 0 Å². The van der Waals surface area contributed by atoms with Crippen LogP contribution in [-0.2, 0) is 4.84 Å². The number of aromatic nitrogens is 2. The van der Waals surface area contributed by atoms with Crippen LogP contribution >= 0.6 is 23.1 Å². The fourth-order valence-electron chi connectivity index (χ4n) is 1.91. The summed E-state index contributed by atoms with van der Waals surface area (Å²) in [6.07, 6.45) is 1.39. The molecule has 3 rings (SSSR count). The number of halogens is 1. The average molecular weight is 375 g/mol. The molecule has 0 fully saturated rings. The normalized spacial score (nSPS) is 10.1. The smallest absolute Gasteiger partial charge is 0.326 e. The van der Waals surface area contributed by atoms with Gasteiger partial charge in [0.2, 0.25) is 0 Å². The molecule has 0 atom stereocenters. The van der Waals surface area contributed by atoms with Crippen LogP contribution < -0.4 is 10.4 Å². The van der Waals surface area contributed by atoms with Crippen molar-refractivity contribution >= 4 is 45.8 Å². The van der Waals surface area contributed by atoms with Crippen LogP contribution in [0.2, 0.25) is 5.02 Å². The molecule has 0 aliphatic heterocycles. The highest BCUT2D eigenvalue weighted by Gasteiger charge is 2.23. The summed E-state index contributed by atoms with van der Waals surface area (Å²) in [5.74, 6) is -0.757. The monoisotopic (exact) mass is 374 g/mol. The number of amides is 2. The van der Waals surface area contributed by atoms with E-state index in [4.69, 9.17) is 16.4 Å². The number of nitrogens with zero attached hydrogens (tertiary/aromatic N) is 3. The molecule has 7 nitrogen and oxygen atoms in total. The van der Waals surface area contributed by atoms with Crippen molar-refractivity contribution in [1.82, 2.24) is 9.59 Å². The maximum atomic E-state index is 12.5. The molecule has 9 heteroatoms. The molecular formula is C16H11ClN4O3S. The number of para-hydroxylation sites is 1. The third kappa shape index (κ3) is 4.11. The molecule has 0 spiro atoms. The second-order valence-corrected chi connectivity index (χ2v) is 5.89. The molecule has 0 radical (unpaired) electrons. The number of anilines is 2. The Bertz CT molecular complexity index is 874. The quantitative estimate of drug-likeness (QED) is 0.700. The van der Waals surface area contributed by atoms with Gasteiger partial charge in [-0.15, -0.1) is 10.2 Å². The molecule has 0 aliphatic rings. The van der Waals surface area contributed by atoms with Crippen molar-refractivity contribution in [2.24, 2.45) is 0 Å². The number of hydroxylamine groups is 1. The van der Waals surface area contributed by atoms with E-state index < -0.39 is 12.0 Å². The van der Waals surface area contributed by atoms with Gasteiger partial charge in [0.15, 0.2) is 0 Å². The van der Waals surface area contributed by atoms with Crippen molar-refractivity contribution < 1.29 is 14.4 Å². The van der Waals surface area contributed by atoms with Gasteiger partial charge in [-0.25, -0.2) is 9.59 Å². The van der Waals surface area contributed by atoms with Crippen molar-refractivity contribution in [3.8, 4) is 0 Å². The predicted octanol–water partition coefficient (Wildman–Crippen LogP) is 4.00. The lowest BCUT2D eigenvalue weighted by Crippen LogP contribution is -2.37. The summed E-state index contributed by atoms with van der Waals surface area (Å²) in [6, 6.07) is 14.2. The Morgan fingerprint density at radius 1 is 1.08 bits per heavy atom. The van der Waals surface area contributed by atoms with Gasteiger partial charge < -0.3 is 4.84 Å². The Labute approximate surface area is 151 Å². The number of nitrogens with one attached hydrogen (secondary N) is 1. The lowest BCUT2D eigenvalue weighted by molar-refractivity contribution is 0.0490. The molecule has 1 N–H and O–H groups in total. The summed E-state index contributed by atoms with van der Waals surface area (Å²) >= 11 is 7.01. The van der Waals surface area contributed by atoms with E-state index >= 15 is 0 Å². The van der Waals surface area contributed by atoms with Crippen LogP contribution in [0.3, 0.4) is 0 Å². The largest absolute Gasteiger partial charge is 0.365 e. The van der Waals surface area contributed by atoms with Gasteiger partial charge in [0.1, 0.15) is 5.00 Å². The van der Waals surface area contributed by atoms with Gasteiger partial charge in [0, 0.05) is 11.5 Å². The van der Waals surface area contributed by atoms with Crippen molar-refractivity contribution in [2.75, 3.05) is 10.4 Å². The summed E-state index contributed by atoms with van der Waals surface area (Å²) in [7, 11) is 0. The predicted molar refractivity (Wildman–Crippen MR) is 94.7 cm³/mol. The maximum Gasteiger partial charge on any atom is 0.365 e. The summed E-state index contributed by atoms with van der Waals surface area (Å²) in [6.45, 7) is 0. The first-order valence-corrected chi connectivity index (χ1v) is 8.20. The van der Waals surface area contributed by atoms with Crippen LogP contribution in [0.1, 0.15) is 10.4 Å². The summed E-state index contributed by atoms with van der Waals surface area (Å²) < 4.78 is 3.66. The Hall–Kier alpha value is -2.97. The first-order chi connectivity index (χ1) is 12.1. The Balaban J connectivity index is 1.85. The zero-order chi connectivity index (χ0) is 17.6. The maximum absolute atomic E-state index is 12.5. The molecule has 25 heavy (non-hydrogen) atoms. The zero-order valence-electron chi connectivity index (χ0n) is 12.6. The molecule has 2 amide bonds. The molecule has 3 aromatic rings. The van der Waals surface area contributed by atoms with Crippen molar-refractivity contribution in [3.05, 3.63) is 71.4 Å². The van der Waals surface area contributed by atoms with E-state index in [2.05, 4.69) is 14.9 Å². The van der Waals surface area contributed by atoms with Crippen molar-refractivity contribution in [2.45, 2.75) is 0 Å². The number of rotatable bonds is 3.